The van der Waals surface area contributed by atoms with Gasteiger partial charge in [0, 0.05) is 19.1 Å². The number of benzene rings is 1. The predicted octanol–water partition coefficient (Wildman–Crippen LogP) is 1.85. The molecule has 1 aliphatic rings. The number of nitrogens with two attached hydrogens (primary N) is 1. The zero-order valence-corrected chi connectivity index (χ0v) is 12.3. The molecule has 1 saturated heterocycles. The first kappa shape index (κ1) is 16.3. The zero-order chi connectivity index (χ0) is 15.8. The quantitative estimate of drug-likeness (QED) is 0.864. The molecule has 2 rings (SSSR count). The van der Waals surface area contributed by atoms with Crippen molar-refractivity contribution < 1.29 is 21.6 Å². The SMILES string of the molecule is C[C@@H]1CCCN(S(=O)(=O)c2cc(F)c(F)c(F)c2)[C@@H]1CN. The van der Waals surface area contributed by atoms with Gasteiger partial charge in [0.05, 0.1) is 4.90 Å². The maximum Gasteiger partial charge on any atom is 0.243 e. The van der Waals surface area contributed by atoms with Crippen molar-refractivity contribution in [2.75, 3.05) is 13.1 Å². The molecular weight excluding hydrogens is 305 g/mol. The second kappa shape index (κ2) is 5.94. The van der Waals surface area contributed by atoms with Crippen LogP contribution in [0, 0.1) is 23.4 Å². The van der Waals surface area contributed by atoms with Crippen molar-refractivity contribution in [1.82, 2.24) is 4.31 Å². The van der Waals surface area contributed by atoms with E-state index in [0.717, 1.165) is 10.7 Å². The van der Waals surface area contributed by atoms with Crippen molar-refractivity contribution in [3.63, 3.8) is 0 Å². The van der Waals surface area contributed by atoms with Gasteiger partial charge in [-0.1, -0.05) is 6.92 Å². The van der Waals surface area contributed by atoms with Gasteiger partial charge in [0.2, 0.25) is 10.0 Å². The van der Waals surface area contributed by atoms with Gasteiger partial charge in [-0.3, -0.25) is 0 Å². The van der Waals surface area contributed by atoms with E-state index in [9.17, 15) is 21.6 Å². The molecule has 1 aromatic rings. The van der Waals surface area contributed by atoms with Gasteiger partial charge >= 0.3 is 0 Å². The molecule has 2 N–H and O–H groups in total. The summed E-state index contributed by atoms with van der Waals surface area (Å²) in [6.07, 6.45) is 1.48. The van der Waals surface area contributed by atoms with E-state index in [1.165, 1.54) is 0 Å². The fourth-order valence-corrected chi connectivity index (χ4v) is 4.47. The third-order valence-corrected chi connectivity index (χ3v) is 5.77. The molecule has 8 heteroatoms. The maximum absolute atomic E-state index is 13.3. The smallest absolute Gasteiger partial charge is 0.243 e. The Hall–Kier alpha value is -1.12. The standard InChI is InChI=1S/C13H17F3N2O2S/c1-8-3-2-4-18(12(8)7-17)21(19,20)9-5-10(14)13(16)11(15)6-9/h5-6,8,12H,2-4,7,17H2,1H3/t8-,12-/m1/s1. The van der Waals surface area contributed by atoms with Gasteiger partial charge in [0.25, 0.3) is 0 Å². The second-order valence-electron chi connectivity index (χ2n) is 5.24. The van der Waals surface area contributed by atoms with E-state index in [2.05, 4.69) is 0 Å². The molecule has 0 aromatic heterocycles. The van der Waals surface area contributed by atoms with Gasteiger partial charge in [-0.2, -0.15) is 4.31 Å². The third-order valence-electron chi connectivity index (χ3n) is 3.87. The average molecular weight is 322 g/mol. The van der Waals surface area contributed by atoms with Gasteiger partial charge < -0.3 is 5.73 Å². The number of halogens is 3. The van der Waals surface area contributed by atoms with Crippen LogP contribution in [-0.2, 0) is 10.0 Å². The van der Waals surface area contributed by atoms with Crippen LogP contribution in [0.25, 0.3) is 0 Å². The highest BCUT2D eigenvalue weighted by atomic mass is 32.2. The molecule has 0 unspecified atom stereocenters. The molecule has 0 bridgehead atoms. The Morgan fingerprint density at radius 1 is 1.29 bits per heavy atom. The van der Waals surface area contributed by atoms with E-state index in [0.29, 0.717) is 18.6 Å². The number of piperidine rings is 1. The van der Waals surface area contributed by atoms with Crippen LogP contribution in [0.1, 0.15) is 19.8 Å². The topological polar surface area (TPSA) is 63.4 Å². The molecule has 21 heavy (non-hydrogen) atoms. The van der Waals surface area contributed by atoms with E-state index in [1.54, 1.807) is 0 Å². The highest BCUT2D eigenvalue weighted by Crippen LogP contribution is 2.29. The average Bonchev–Trinajstić information content (AvgIpc) is 2.43. The van der Waals surface area contributed by atoms with Crippen LogP contribution in [0.5, 0.6) is 0 Å². The number of sulfonamides is 1. The first-order chi connectivity index (χ1) is 9.78. The lowest BCUT2D eigenvalue weighted by Crippen LogP contribution is -2.51. The van der Waals surface area contributed by atoms with Gasteiger partial charge in [-0.25, -0.2) is 21.6 Å². The third kappa shape index (κ3) is 2.93. The Balaban J connectivity index is 2.46. The second-order valence-corrected chi connectivity index (χ2v) is 7.13. The van der Waals surface area contributed by atoms with E-state index in [-0.39, 0.29) is 19.0 Å². The van der Waals surface area contributed by atoms with Gasteiger partial charge in [-0.15, -0.1) is 0 Å². The van der Waals surface area contributed by atoms with Gasteiger partial charge in [0.15, 0.2) is 17.5 Å². The molecule has 0 aliphatic carbocycles. The number of rotatable bonds is 3. The summed E-state index contributed by atoms with van der Waals surface area (Å²) in [5.41, 5.74) is 5.63. The molecule has 118 valence electrons. The largest absolute Gasteiger partial charge is 0.329 e. The summed E-state index contributed by atoms with van der Waals surface area (Å²) in [6.45, 7) is 2.23. The Kier molecular flexibility index (Phi) is 4.60. The summed E-state index contributed by atoms with van der Waals surface area (Å²) in [5.74, 6) is -4.68. The van der Waals surface area contributed by atoms with Crippen molar-refractivity contribution in [2.24, 2.45) is 11.7 Å². The van der Waals surface area contributed by atoms with Crippen LogP contribution >= 0.6 is 0 Å². The van der Waals surface area contributed by atoms with E-state index < -0.39 is 38.4 Å². The fraction of sp³-hybridized carbons (Fsp3) is 0.538. The lowest BCUT2D eigenvalue weighted by atomic mass is 9.93. The first-order valence-electron chi connectivity index (χ1n) is 6.65. The van der Waals surface area contributed by atoms with Crippen molar-refractivity contribution in [3.8, 4) is 0 Å². The Morgan fingerprint density at radius 3 is 2.38 bits per heavy atom. The molecule has 2 atom stereocenters. The van der Waals surface area contributed by atoms with Crippen molar-refractivity contribution >= 4 is 10.0 Å². The minimum atomic E-state index is -4.11. The van der Waals surface area contributed by atoms with Crippen LogP contribution in [0.3, 0.4) is 0 Å². The Morgan fingerprint density at radius 2 is 1.86 bits per heavy atom. The van der Waals surface area contributed by atoms with Crippen LogP contribution in [0.4, 0.5) is 13.2 Å². The number of nitrogens with zero attached hydrogens (tertiary/aromatic N) is 1. The van der Waals surface area contributed by atoms with Crippen LogP contribution in [0.15, 0.2) is 17.0 Å². The molecule has 4 nitrogen and oxygen atoms in total. The van der Waals surface area contributed by atoms with E-state index in [1.807, 2.05) is 6.92 Å². The van der Waals surface area contributed by atoms with Crippen LogP contribution < -0.4 is 5.73 Å². The molecular formula is C13H17F3N2O2S. The molecule has 0 saturated carbocycles. The van der Waals surface area contributed by atoms with Crippen LogP contribution in [-0.4, -0.2) is 31.9 Å². The van der Waals surface area contributed by atoms with Crippen molar-refractivity contribution in [3.05, 3.63) is 29.6 Å². The Bertz CT molecular complexity index is 613. The molecule has 0 radical (unpaired) electrons. The first-order valence-corrected chi connectivity index (χ1v) is 8.09. The molecule has 0 amide bonds. The minimum absolute atomic E-state index is 0.0497. The summed E-state index contributed by atoms with van der Waals surface area (Å²) < 4.78 is 65.7. The van der Waals surface area contributed by atoms with Crippen molar-refractivity contribution in [2.45, 2.75) is 30.7 Å². The minimum Gasteiger partial charge on any atom is -0.329 e. The lowest BCUT2D eigenvalue weighted by Gasteiger charge is -2.38. The monoisotopic (exact) mass is 322 g/mol. The van der Waals surface area contributed by atoms with Gasteiger partial charge in [-0.05, 0) is 30.9 Å². The fourth-order valence-electron chi connectivity index (χ4n) is 2.68. The van der Waals surface area contributed by atoms with E-state index in [4.69, 9.17) is 5.73 Å². The summed E-state index contributed by atoms with van der Waals surface area (Å²) in [5, 5.41) is 0. The van der Waals surface area contributed by atoms with Crippen LogP contribution in [0.2, 0.25) is 0 Å². The van der Waals surface area contributed by atoms with E-state index >= 15 is 0 Å². The van der Waals surface area contributed by atoms with Gasteiger partial charge in [0.1, 0.15) is 0 Å². The molecule has 1 fully saturated rings. The lowest BCUT2D eigenvalue weighted by molar-refractivity contribution is 0.192. The highest BCUT2D eigenvalue weighted by molar-refractivity contribution is 7.89. The Labute approximate surface area is 121 Å². The summed E-state index contributed by atoms with van der Waals surface area (Å²) in [6, 6.07) is 0.571. The summed E-state index contributed by atoms with van der Waals surface area (Å²) >= 11 is 0. The normalized spacial score (nSPS) is 24.2. The summed E-state index contributed by atoms with van der Waals surface area (Å²) in [7, 11) is -4.11. The molecule has 1 heterocycles. The number of hydrogen-bond acceptors (Lipinski definition) is 3. The molecule has 0 spiro atoms. The summed E-state index contributed by atoms with van der Waals surface area (Å²) in [4.78, 5) is -0.591. The number of hydrogen-bond donors (Lipinski definition) is 1. The van der Waals surface area contributed by atoms with Crippen molar-refractivity contribution in [1.29, 1.82) is 0 Å². The molecule has 1 aliphatic heterocycles. The predicted molar refractivity (Wildman–Crippen MR) is 71.4 cm³/mol. The maximum atomic E-state index is 13.3. The zero-order valence-electron chi connectivity index (χ0n) is 11.5. The molecule has 1 aromatic carbocycles. The highest BCUT2D eigenvalue weighted by Gasteiger charge is 2.37.